The number of carbonyl (C=O) groups excluding carboxylic acids is 1. The molecule has 9 heteroatoms. The van der Waals surface area contributed by atoms with Gasteiger partial charge in [0, 0.05) is 52.7 Å². The summed E-state index contributed by atoms with van der Waals surface area (Å²) in [5.41, 5.74) is 3.15. The smallest absolute Gasteiger partial charge is 0.246 e. The summed E-state index contributed by atoms with van der Waals surface area (Å²) < 4.78 is 1.71. The third kappa shape index (κ3) is 5.84. The van der Waals surface area contributed by atoms with Gasteiger partial charge in [-0.1, -0.05) is 12.1 Å². The molecular weight excluding hydrogens is 481 g/mol. The molecule has 158 valence electrons. The Morgan fingerprint density at radius 1 is 1.24 bits per heavy atom. The molecule has 0 saturated carbocycles. The van der Waals surface area contributed by atoms with Gasteiger partial charge in [-0.05, 0) is 24.6 Å². The van der Waals surface area contributed by atoms with E-state index in [1.807, 2.05) is 39.2 Å². The van der Waals surface area contributed by atoms with E-state index in [0.717, 1.165) is 36.0 Å². The van der Waals surface area contributed by atoms with Gasteiger partial charge in [0.2, 0.25) is 5.91 Å². The van der Waals surface area contributed by atoms with Crippen LogP contribution in [-0.4, -0.2) is 66.8 Å². The largest absolute Gasteiger partial charge is 0.378 e. The molecule has 1 fully saturated rings. The summed E-state index contributed by atoms with van der Waals surface area (Å²) in [5.74, 6) is 0.832. The van der Waals surface area contributed by atoms with Gasteiger partial charge in [-0.3, -0.25) is 9.48 Å². The summed E-state index contributed by atoms with van der Waals surface area (Å²) in [5, 5.41) is 7.47. The third-order valence-electron chi connectivity index (χ3n) is 4.72. The van der Waals surface area contributed by atoms with Crippen molar-refractivity contribution in [2.75, 3.05) is 50.1 Å². The van der Waals surface area contributed by atoms with Crippen molar-refractivity contribution in [3.8, 4) is 0 Å². The molecular formula is C20H30IN7O. The van der Waals surface area contributed by atoms with Crippen molar-refractivity contribution in [3.63, 3.8) is 0 Å². The van der Waals surface area contributed by atoms with Crippen molar-refractivity contribution in [1.82, 2.24) is 20.0 Å². The van der Waals surface area contributed by atoms with Crippen LogP contribution < -0.4 is 15.1 Å². The molecule has 29 heavy (non-hydrogen) atoms. The van der Waals surface area contributed by atoms with Crippen LogP contribution in [0.3, 0.4) is 0 Å². The molecule has 1 aromatic heterocycles. The van der Waals surface area contributed by atoms with E-state index in [2.05, 4.69) is 39.6 Å². The van der Waals surface area contributed by atoms with Crippen LogP contribution in [0.15, 0.2) is 41.7 Å². The molecule has 0 radical (unpaired) electrons. The van der Waals surface area contributed by atoms with Crippen molar-refractivity contribution >= 4 is 47.2 Å². The van der Waals surface area contributed by atoms with Gasteiger partial charge in [0.15, 0.2) is 5.96 Å². The Balaban J connectivity index is 0.00000300. The summed E-state index contributed by atoms with van der Waals surface area (Å²) in [6.07, 6.45) is 3.59. The summed E-state index contributed by atoms with van der Waals surface area (Å²) in [4.78, 5) is 23.3. The van der Waals surface area contributed by atoms with Crippen LogP contribution in [0.4, 0.5) is 11.4 Å². The van der Waals surface area contributed by atoms with Gasteiger partial charge < -0.3 is 20.0 Å². The van der Waals surface area contributed by atoms with Crippen molar-refractivity contribution in [2.24, 2.45) is 12.0 Å². The predicted molar refractivity (Wildman–Crippen MR) is 128 cm³/mol. The highest BCUT2D eigenvalue weighted by molar-refractivity contribution is 14.0. The van der Waals surface area contributed by atoms with Crippen molar-refractivity contribution in [3.05, 3.63) is 42.2 Å². The molecule has 1 aliphatic heterocycles. The van der Waals surface area contributed by atoms with Crippen LogP contribution in [0.25, 0.3) is 0 Å². The number of hydrogen-bond donors (Lipinski definition) is 1. The lowest BCUT2D eigenvalue weighted by atomic mass is 10.2. The maximum Gasteiger partial charge on any atom is 0.246 e. The van der Waals surface area contributed by atoms with Crippen LogP contribution in [0.1, 0.15) is 12.5 Å². The van der Waals surface area contributed by atoms with Gasteiger partial charge in [-0.15, -0.1) is 24.0 Å². The second-order valence-corrected chi connectivity index (χ2v) is 7.07. The molecule has 0 atom stereocenters. The SMILES string of the molecule is CCNC(=NCc1ccc(N(C)C)cc1)N1CCN(c2cnn(C)c2)C(=O)C1.I. The highest BCUT2D eigenvalue weighted by Gasteiger charge is 2.27. The molecule has 1 aromatic carbocycles. The van der Waals surface area contributed by atoms with E-state index in [0.29, 0.717) is 19.6 Å². The number of carbonyl (C=O) groups is 1. The highest BCUT2D eigenvalue weighted by Crippen LogP contribution is 2.17. The molecule has 8 nitrogen and oxygen atoms in total. The number of aryl methyl sites for hydroxylation is 1. The summed E-state index contributed by atoms with van der Waals surface area (Å²) in [7, 11) is 5.91. The fraction of sp³-hybridized carbons (Fsp3) is 0.450. The number of guanidine groups is 1. The molecule has 0 unspecified atom stereocenters. The average molecular weight is 511 g/mol. The Morgan fingerprint density at radius 2 is 1.97 bits per heavy atom. The number of aliphatic imine (C=N–C) groups is 1. The molecule has 3 rings (SSSR count). The zero-order valence-corrected chi connectivity index (χ0v) is 19.8. The first-order valence-electron chi connectivity index (χ1n) is 9.56. The zero-order chi connectivity index (χ0) is 20.1. The number of rotatable bonds is 5. The fourth-order valence-corrected chi connectivity index (χ4v) is 3.17. The van der Waals surface area contributed by atoms with E-state index in [9.17, 15) is 4.79 Å². The van der Waals surface area contributed by atoms with E-state index in [4.69, 9.17) is 4.99 Å². The first-order chi connectivity index (χ1) is 13.5. The molecule has 2 heterocycles. The zero-order valence-electron chi connectivity index (χ0n) is 17.5. The lowest BCUT2D eigenvalue weighted by Gasteiger charge is -2.35. The van der Waals surface area contributed by atoms with Crippen LogP contribution >= 0.6 is 24.0 Å². The summed E-state index contributed by atoms with van der Waals surface area (Å²) in [6.45, 7) is 5.02. The van der Waals surface area contributed by atoms with Crippen LogP contribution in [-0.2, 0) is 18.4 Å². The first-order valence-corrected chi connectivity index (χ1v) is 9.56. The average Bonchev–Trinajstić information content (AvgIpc) is 3.11. The second kappa shape index (κ2) is 10.5. The summed E-state index contributed by atoms with van der Waals surface area (Å²) in [6, 6.07) is 8.36. The Labute approximate surface area is 189 Å². The second-order valence-electron chi connectivity index (χ2n) is 7.07. The van der Waals surface area contributed by atoms with Gasteiger partial charge in [-0.25, -0.2) is 4.99 Å². The van der Waals surface area contributed by atoms with Gasteiger partial charge >= 0.3 is 0 Å². The Morgan fingerprint density at radius 3 is 2.52 bits per heavy atom. The van der Waals surface area contributed by atoms with Crippen LogP contribution in [0, 0.1) is 0 Å². The minimum Gasteiger partial charge on any atom is -0.378 e. The summed E-state index contributed by atoms with van der Waals surface area (Å²) >= 11 is 0. The molecule has 0 spiro atoms. The monoisotopic (exact) mass is 511 g/mol. The normalized spacial score (nSPS) is 14.6. The number of hydrogen-bond acceptors (Lipinski definition) is 4. The molecule has 1 saturated heterocycles. The minimum absolute atomic E-state index is 0. The van der Waals surface area contributed by atoms with E-state index < -0.39 is 0 Å². The highest BCUT2D eigenvalue weighted by atomic mass is 127. The molecule has 1 aliphatic rings. The molecule has 2 aromatic rings. The fourth-order valence-electron chi connectivity index (χ4n) is 3.17. The molecule has 0 bridgehead atoms. The minimum atomic E-state index is 0. The van der Waals surface area contributed by atoms with Crippen LogP contribution in [0.5, 0.6) is 0 Å². The Bertz CT molecular complexity index is 832. The van der Waals surface area contributed by atoms with Gasteiger partial charge in [-0.2, -0.15) is 5.10 Å². The number of halogens is 1. The van der Waals surface area contributed by atoms with Crippen molar-refractivity contribution < 1.29 is 4.79 Å². The van der Waals surface area contributed by atoms with Gasteiger partial charge in [0.1, 0.15) is 6.54 Å². The van der Waals surface area contributed by atoms with Crippen molar-refractivity contribution in [1.29, 1.82) is 0 Å². The number of amides is 1. The number of nitrogens with zero attached hydrogens (tertiary/aromatic N) is 6. The topological polar surface area (TPSA) is 69.0 Å². The van der Waals surface area contributed by atoms with Gasteiger partial charge in [0.25, 0.3) is 0 Å². The first kappa shape index (κ1) is 23.0. The van der Waals surface area contributed by atoms with E-state index in [-0.39, 0.29) is 29.9 Å². The van der Waals surface area contributed by atoms with Crippen LogP contribution in [0.2, 0.25) is 0 Å². The number of anilines is 2. The maximum atomic E-state index is 12.7. The van der Waals surface area contributed by atoms with E-state index in [1.54, 1.807) is 15.8 Å². The molecule has 1 amide bonds. The molecule has 0 aliphatic carbocycles. The van der Waals surface area contributed by atoms with E-state index in [1.165, 1.54) is 0 Å². The number of aromatic nitrogens is 2. The van der Waals surface area contributed by atoms with Crippen molar-refractivity contribution in [2.45, 2.75) is 13.5 Å². The number of nitrogens with one attached hydrogen (secondary N) is 1. The number of benzene rings is 1. The standard InChI is InChI=1S/C20H29N7O.HI/c1-5-21-20(22-12-16-6-8-17(9-7-16)24(2)3)26-10-11-27(19(28)15-26)18-13-23-25(4)14-18;/h6-9,13-14H,5,10-12,15H2,1-4H3,(H,21,22);1H. The lowest BCUT2D eigenvalue weighted by molar-refractivity contribution is -0.120. The predicted octanol–water partition coefficient (Wildman–Crippen LogP) is 1.92. The molecule has 1 N–H and O–H groups in total. The number of piperazine rings is 1. The maximum absolute atomic E-state index is 12.7. The van der Waals surface area contributed by atoms with E-state index >= 15 is 0 Å². The van der Waals surface area contributed by atoms with Gasteiger partial charge in [0.05, 0.1) is 18.4 Å². The Hall–Kier alpha value is -2.30. The quantitative estimate of drug-likeness (QED) is 0.378. The Kier molecular flexibility index (Phi) is 8.30. The third-order valence-corrected chi connectivity index (χ3v) is 4.72. The lowest BCUT2D eigenvalue weighted by Crippen LogP contribution is -2.55.